The Balaban J connectivity index is 3.38. The largest absolute Gasteiger partial charge is 0.462 e. The highest BCUT2D eigenvalue weighted by molar-refractivity contribution is 5.93. The minimum atomic E-state index is -2.81. The monoisotopic (exact) mass is 244 g/mol. The smallest absolute Gasteiger partial charge is 0.339 e. The first kappa shape index (κ1) is 13.5. The number of ether oxygens (including phenoxy) is 1. The van der Waals surface area contributed by atoms with Crippen LogP contribution in [0.4, 0.5) is 8.78 Å². The van der Waals surface area contributed by atoms with Crippen LogP contribution in [0.25, 0.3) is 0 Å². The van der Waals surface area contributed by atoms with E-state index in [4.69, 9.17) is 10.5 Å². The van der Waals surface area contributed by atoms with E-state index in [9.17, 15) is 13.6 Å². The zero-order chi connectivity index (χ0) is 13.0. The Kier molecular flexibility index (Phi) is 4.51. The van der Waals surface area contributed by atoms with Gasteiger partial charge >= 0.3 is 5.97 Å². The average molecular weight is 244 g/mol. The highest BCUT2D eigenvalue weighted by atomic mass is 19.3. The summed E-state index contributed by atoms with van der Waals surface area (Å²) in [7, 11) is 0. The predicted molar refractivity (Wildman–Crippen MR) is 57.8 cm³/mol. The van der Waals surface area contributed by atoms with Crippen LogP contribution in [0.5, 0.6) is 0 Å². The second kappa shape index (κ2) is 5.67. The second-order valence-electron chi connectivity index (χ2n) is 3.40. The molecule has 0 spiro atoms. The van der Waals surface area contributed by atoms with Crippen molar-refractivity contribution in [3.8, 4) is 0 Å². The summed E-state index contributed by atoms with van der Waals surface area (Å²) < 4.78 is 30.7. The fourth-order valence-corrected chi connectivity index (χ4v) is 1.54. The molecule has 0 amide bonds. The molecule has 0 bridgehead atoms. The van der Waals surface area contributed by atoms with Crippen molar-refractivity contribution >= 4 is 5.97 Å². The van der Waals surface area contributed by atoms with Crippen LogP contribution in [0.15, 0.2) is 6.20 Å². The molecule has 1 aromatic rings. The van der Waals surface area contributed by atoms with E-state index in [2.05, 4.69) is 4.98 Å². The van der Waals surface area contributed by atoms with E-state index in [0.717, 1.165) is 0 Å². The SMILES string of the molecule is CCOC(=O)c1c(C)cnc(CN)c1C(F)F. The molecule has 2 N–H and O–H groups in total. The number of pyridine rings is 1. The summed E-state index contributed by atoms with van der Waals surface area (Å²) in [5.41, 5.74) is 5.16. The van der Waals surface area contributed by atoms with Gasteiger partial charge in [0.05, 0.1) is 23.4 Å². The number of halogens is 2. The number of alkyl halides is 2. The van der Waals surface area contributed by atoms with E-state index in [-0.39, 0.29) is 24.4 Å². The molecule has 0 radical (unpaired) electrons. The molecule has 0 atom stereocenters. The van der Waals surface area contributed by atoms with Crippen molar-refractivity contribution in [2.24, 2.45) is 5.73 Å². The van der Waals surface area contributed by atoms with Crippen molar-refractivity contribution in [2.45, 2.75) is 26.8 Å². The molecule has 0 aliphatic carbocycles. The first-order chi connectivity index (χ1) is 8.02. The molecule has 4 nitrogen and oxygen atoms in total. The number of nitrogens with two attached hydrogens (primary N) is 1. The van der Waals surface area contributed by atoms with Crippen LogP contribution in [0.1, 0.15) is 40.5 Å². The first-order valence-corrected chi connectivity index (χ1v) is 5.16. The zero-order valence-electron chi connectivity index (χ0n) is 9.67. The number of aromatic nitrogens is 1. The maximum Gasteiger partial charge on any atom is 0.339 e. The Morgan fingerprint density at radius 2 is 2.24 bits per heavy atom. The fourth-order valence-electron chi connectivity index (χ4n) is 1.54. The van der Waals surface area contributed by atoms with Crippen LogP contribution >= 0.6 is 0 Å². The third-order valence-electron chi connectivity index (χ3n) is 2.28. The van der Waals surface area contributed by atoms with Gasteiger partial charge in [0, 0.05) is 12.7 Å². The minimum Gasteiger partial charge on any atom is -0.462 e. The highest BCUT2D eigenvalue weighted by Crippen LogP contribution is 2.28. The Morgan fingerprint density at radius 1 is 1.59 bits per heavy atom. The molecule has 17 heavy (non-hydrogen) atoms. The number of hydrogen-bond acceptors (Lipinski definition) is 4. The molecule has 0 saturated heterocycles. The van der Waals surface area contributed by atoms with Gasteiger partial charge in [-0.2, -0.15) is 0 Å². The second-order valence-corrected chi connectivity index (χ2v) is 3.40. The van der Waals surface area contributed by atoms with E-state index in [1.807, 2.05) is 0 Å². The Bertz CT molecular complexity index is 422. The fraction of sp³-hybridized carbons (Fsp3) is 0.455. The lowest BCUT2D eigenvalue weighted by Crippen LogP contribution is -2.15. The third-order valence-corrected chi connectivity index (χ3v) is 2.28. The normalized spacial score (nSPS) is 10.7. The van der Waals surface area contributed by atoms with Gasteiger partial charge in [-0.05, 0) is 19.4 Å². The highest BCUT2D eigenvalue weighted by Gasteiger charge is 2.25. The molecule has 1 heterocycles. The minimum absolute atomic E-state index is 0.0219. The molecule has 0 unspecified atom stereocenters. The van der Waals surface area contributed by atoms with Gasteiger partial charge in [-0.1, -0.05) is 0 Å². The number of carbonyl (C=O) groups is 1. The molecular formula is C11H14F2N2O2. The summed E-state index contributed by atoms with van der Waals surface area (Å²) >= 11 is 0. The van der Waals surface area contributed by atoms with Crippen molar-refractivity contribution in [3.05, 3.63) is 28.6 Å². The number of aryl methyl sites for hydroxylation is 1. The summed E-state index contributed by atoms with van der Waals surface area (Å²) in [6, 6.07) is 0. The van der Waals surface area contributed by atoms with Crippen LogP contribution < -0.4 is 5.73 Å². The Hall–Kier alpha value is -1.56. The van der Waals surface area contributed by atoms with Crippen LogP contribution in [-0.4, -0.2) is 17.6 Å². The quantitative estimate of drug-likeness (QED) is 0.822. The third kappa shape index (κ3) is 2.76. The van der Waals surface area contributed by atoms with Crippen LogP contribution in [-0.2, 0) is 11.3 Å². The number of nitrogens with zero attached hydrogens (tertiary/aromatic N) is 1. The van der Waals surface area contributed by atoms with Gasteiger partial charge in [0.2, 0.25) is 0 Å². The van der Waals surface area contributed by atoms with Crippen molar-refractivity contribution in [2.75, 3.05) is 6.61 Å². The maximum absolute atomic E-state index is 13.0. The summed E-state index contributed by atoms with van der Waals surface area (Å²) in [5, 5.41) is 0. The van der Waals surface area contributed by atoms with E-state index in [1.54, 1.807) is 6.92 Å². The molecule has 0 aromatic carbocycles. The van der Waals surface area contributed by atoms with E-state index in [0.29, 0.717) is 5.56 Å². The van der Waals surface area contributed by atoms with Crippen LogP contribution in [0.2, 0.25) is 0 Å². The number of rotatable bonds is 4. The van der Waals surface area contributed by atoms with Gasteiger partial charge in [-0.25, -0.2) is 13.6 Å². The van der Waals surface area contributed by atoms with Crippen LogP contribution in [0, 0.1) is 6.92 Å². The topological polar surface area (TPSA) is 65.2 Å². The van der Waals surface area contributed by atoms with Gasteiger partial charge in [0.15, 0.2) is 0 Å². The molecule has 0 fully saturated rings. The molecule has 0 aliphatic heterocycles. The molecule has 94 valence electrons. The number of hydrogen-bond donors (Lipinski definition) is 1. The lowest BCUT2D eigenvalue weighted by Gasteiger charge is -2.13. The molecule has 0 saturated carbocycles. The van der Waals surface area contributed by atoms with Gasteiger partial charge in [0.1, 0.15) is 0 Å². The average Bonchev–Trinajstić information content (AvgIpc) is 2.28. The maximum atomic E-state index is 13.0. The van der Waals surface area contributed by atoms with Crippen molar-refractivity contribution < 1.29 is 18.3 Å². The van der Waals surface area contributed by atoms with E-state index in [1.165, 1.54) is 13.1 Å². The summed E-state index contributed by atoms with van der Waals surface area (Å²) in [4.78, 5) is 15.4. The number of carbonyl (C=O) groups excluding carboxylic acids is 1. The lowest BCUT2D eigenvalue weighted by molar-refractivity contribution is 0.0513. The van der Waals surface area contributed by atoms with Gasteiger partial charge in [0.25, 0.3) is 6.43 Å². The molecule has 1 rings (SSSR count). The molecular weight excluding hydrogens is 230 g/mol. The first-order valence-electron chi connectivity index (χ1n) is 5.16. The van der Waals surface area contributed by atoms with Gasteiger partial charge in [-0.15, -0.1) is 0 Å². The van der Waals surface area contributed by atoms with Crippen molar-refractivity contribution in [3.63, 3.8) is 0 Å². The van der Waals surface area contributed by atoms with Crippen molar-refractivity contribution in [1.82, 2.24) is 4.98 Å². The number of esters is 1. The van der Waals surface area contributed by atoms with E-state index >= 15 is 0 Å². The molecule has 6 heteroatoms. The molecule has 1 aromatic heterocycles. The summed E-state index contributed by atoms with van der Waals surface area (Å²) in [6.07, 6.45) is -1.46. The Labute approximate surface area is 97.8 Å². The van der Waals surface area contributed by atoms with Crippen molar-refractivity contribution in [1.29, 1.82) is 0 Å². The Morgan fingerprint density at radius 3 is 2.71 bits per heavy atom. The lowest BCUT2D eigenvalue weighted by atomic mass is 10.0. The predicted octanol–water partition coefficient (Wildman–Crippen LogP) is 1.96. The summed E-state index contributed by atoms with van der Waals surface area (Å²) in [6.45, 7) is 3.12. The van der Waals surface area contributed by atoms with Crippen LogP contribution in [0.3, 0.4) is 0 Å². The summed E-state index contributed by atoms with van der Waals surface area (Å²) in [5.74, 6) is -0.766. The van der Waals surface area contributed by atoms with E-state index < -0.39 is 18.0 Å². The van der Waals surface area contributed by atoms with Gasteiger partial charge in [-0.3, -0.25) is 4.98 Å². The zero-order valence-corrected chi connectivity index (χ0v) is 9.67. The standard InChI is InChI=1S/C11H14F2N2O2/c1-3-17-11(16)8-6(2)5-15-7(4-14)9(8)10(12)13/h5,10H,3-4,14H2,1-2H3. The van der Waals surface area contributed by atoms with Gasteiger partial charge < -0.3 is 10.5 Å². The molecule has 0 aliphatic rings.